The van der Waals surface area contributed by atoms with Gasteiger partial charge in [-0.15, -0.1) is 0 Å². The molecule has 2 unspecified atom stereocenters. The summed E-state index contributed by atoms with van der Waals surface area (Å²) in [4.78, 5) is 18.2. The fourth-order valence-corrected chi connectivity index (χ4v) is 2.54. The van der Waals surface area contributed by atoms with E-state index in [9.17, 15) is 9.90 Å². The first-order chi connectivity index (χ1) is 8.59. The van der Waals surface area contributed by atoms with Crippen LogP contribution in [0.25, 0.3) is 0 Å². The Bertz CT molecular complexity index is 414. The van der Waals surface area contributed by atoms with Gasteiger partial charge in [-0.2, -0.15) is 0 Å². The van der Waals surface area contributed by atoms with Gasteiger partial charge in [-0.1, -0.05) is 0 Å². The van der Waals surface area contributed by atoms with Gasteiger partial charge < -0.3 is 14.4 Å². The Morgan fingerprint density at radius 2 is 2.44 bits per heavy atom. The minimum absolute atomic E-state index is 0.102. The SMILES string of the molecule is Cc1ncoc1C(=O)N1CCCCC1CC(C)O. The number of likely N-dealkylation sites (tertiary alicyclic amines) is 1. The zero-order chi connectivity index (χ0) is 13.1. The number of carbonyl (C=O) groups is 1. The van der Waals surface area contributed by atoms with Crippen molar-refractivity contribution in [3.63, 3.8) is 0 Å². The lowest BCUT2D eigenvalue weighted by Gasteiger charge is -2.36. The molecule has 1 aromatic rings. The van der Waals surface area contributed by atoms with Gasteiger partial charge in [0.25, 0.3) is 5.91 Å². The van der Waals surface area contributed by atoms with Gasteiger partial charge in [0.2, 0.25) is 5.76 Å². The number of hydrogen-bond donors (Lipinski definition) is 1. The second-order valence-electron chi connectivity index (χ2n) is 5.00. The summed E-state index contributed by atoms with van der Waals surface area (Å²) in [7, 11) is 0. The Morgan fingerprint density at radius 3 is 3.06 bits per heavy atom. The number of aromatic nitrogens is 1. The Labute approximate surface area is 107 Å². The van der Waals surface area contributed by atoms with E-state index < -0.39 is 0 Å². The zero-order valence-corrected chi connectivity index (χ0v) is 10.9. The number of aliphatic hydroxyl groups excluding tert-OH is 1. The molecule has 0 aromatic carbocycles. The highest BCUT2D eigenvalue weighted by Gasteiger charge is 2.30. The normalized spacial score (nSPS) is 21.9. The lowest BCUT2D eigenvalue weighted by molar-refractivity contribution is 0.0484. The molecule has 1 aliphatic rings. The Kier molecular flexibility index (Phi) is 4.01. The summed E-state index contributed by atoms with van der Waals surface area (Å²) in [5.41, 5.74) is 0.626. The number of carbonyl (C=O) groups excluding carboxylic acids is 1. The summed E-state index contributed by atoms with van der Waals surface area (Å²) < 4.78 is 5.17. The van der Waals surface area contributed by atoms with Crippen LogP contribution in [0.15, 0.2) is 10.8 Å². The third kappa shape index (κ3) is 2.72. The fraction of sp³-hybridized carbons (Fsp3) is 0.692. The molecule has 0 saturated carbocycles. The molecule has 0 bridgehead atoms. The Morgan fingerprint density at radius 1 is 1.67 bits per heavy atom. The molecule has 5 heteroatoms. The second kappa shape index (κ2) is 5.52. The molecular formula is C13H20N2O3. The van der Waals surface area contributed by atoms with Crippen molar-refractivity contribution in [3.05, 3.63) is 17.8 Å². The molecular weight excluding hydrogens is 232 g/mol. The van der Waals surface area contributed by atoms with E-state index in [4.69, 9.17) is 4.42 Å². The maximum Gasteiger partial charge on any atom is 0.291 e. The van der Waals surface area contributed by atoms with E-state index in [1.54, 1.807) is 13.8 Å². The third-order valence-corrected chi connectivity index (χ3v) is 3.44. The molecule has 1 aliphatic heterocycles. The smallest absolute Gasteiger partial charge is 0.291 e. The molecule has 2 rings (SSSR count). The standard InChI is InChI=1S/C13H20N2O3/c1-9(16)7-11-5-3-4-6-15(11)13(17)12-10(2)14-8-18-12/h8-9,11,16H,3-7H2,1-2H3. The van der Waals surface area contributed by atoms with Gasteiger partial charge in [0.15, 0.2) is 6.39 Å². The number of piperidine rings is 1. The molecule has 1 amide bonds. The van der Waals surface area contributed by atoms with Gasteiger partial charge in [-0.3, -0.25) is 4.79 Å². The highest BCUT2D eigenvalue weighted by molar-refractivity contribution is 5.92. The minimum atomic E-state index is -0.390. The van der Waals surface area contributed by atoms with E-state index in [1.807, 2.05) is 4.90 Å². The van der Waals surface area contributed by atoms with Crippen molar-refractivity contribution in [3.8, 4) is 0 Å². The highest BCUT2D eigenvalue weighted by Crippen LogP contribution is 2.23. The van der Waals surface area contributed by atoms with E-state index in [1.165, 1.54) is 6.39 Å². The second-order valence-corrected chi connectivity index (χ2v) is 5.00. The summed E-state index contributed by atoms with van der Waals surface area (Å²) in [5.74, 6) is 0.225. The van der Waals surface area contributed by atoms with Crippen LogP contribution in [0.5, 0.6) is 0 Å². The number of rotatable bonds is 3. The van der Waals surface area contributed by atoms with Gasteiger partial charge in [-0.25, -0.2) is 4.98 Å². The van der Waals surface area contributed by atoms with Gasteiger partial charge in [-0.05, 0) is 39.5 Å². The van der Waals surface area contributed by atoms with Crippen molar-refractivity contribution in [2.75, 3.05) is 6.54 Å². The van der Waals surface area contributed by atoms with Crippen LogP contribution in [0.3, 0.4) is 0 Å². The summed E-state index contributed by atoms with van der Waals surface area (Å²) in [5, 5.41) is 9.52. The van der Waals surface area contributed by atoms with Crippen molar-refractivity contribution in [1.29, 1.82) is 0 Å². The quantitative estimate of drug-likeness (QED) is 0.890. The predicted molar refractivity (Wildman–Crippen MR) is 66.2 cm³/mol. The van der Waals surface area contributed by atoms with Crippen molar-refractivity contribution in [2.24, 2.45) is 0 Å². The first kappa shape index (κ1) is 13.1. The molecule has 1 N–H and O–H groups in total. The number of aliphatic hydroxyl groups is 1. The van der Waals surface area contributed by atoms with Crippen LogP contribution in [0.1, 0.15) is 48.9 Å². The van der Waals surface area contributed by atoms with E-state index in [0.29, 0.717) is 17.9 Å². The number of nitrogens with zero attached hydrogens (tertiary/aromatic N) is 2. The molecule has 2 heterocycles. The lowest BCUT2D eigenvalue weighted by Crippen LogP contribution is -2.45. The molecule has 18 heavy (non-hydrogen) atoms. The number of amides is 1. The maximum atomic E-state index is 12.4. The highest BCUT2D eigenvalue weighted by atomic mass is 16.3. The molecule has 1 fully saturated rings. The fourth-order valence-electron chi connectivity index (χ4n) is 2.54. The maximum absolute atomic E-state index is 12.4. The topological polar surface area (TPSA) is 66.6 Å². The summed E-state index contributed by atoms with van der Waals surface area (Å²) in [6.45, 7) is 4.26. The minimum Gasteiger partial charge on any atom is -0.438 e. The number of hydrogen-bond acceptors (Lipinski definition) is 4. The average molecular weight is 252 g/mol. The van der Waals surface area contributed by atoms with Gasteiger partial charge in [0, 0.05) is 12.6 Å². The van der Waals surface area contributed by atoms with E-state index in [-0.39, 0.29) is 18.1 Å². The Hall–Kier alpha value is -1.36. The van der Waals surface area contributed by atoms with Gasteiger partial charge >= 0.3 is 0 Å². The first-order valence-corrected chi connectivity index (χ1v) is 6.48. The van der Waals surface area contributed by atoms with Crippen LogP contribution < -0.4 is 0 Å². The summed E-state index contributed by atoms with van der Waals surface area (Å²) in [6.07, 6.45) is 4.60. The summed E-state index contributed by atoms with van der Waals surface area (Å²) >= 11 is 0. The molecule has 2 atom stereocenters. The largest absolute Gasteiger partial charge is 0.438 e. The van der Waals surface area contributed by atoms with Gasteiger partial charge in [0.05, 0.1) is 11.8 Å². The molecule has 0 radical (unpaired) electrons. The van der Waals surface area contributed by atoms with Crippen LogP contribution in [-0.2, 0) is 0 Å². The van der Waals surface area contributed by atoms with E-state index in [0.717, 1.165) is 25.8 Å². The molecule has 1 aromatic heterocycles. The van der Waals surface area contributed by atoms with Gasteiger partial charge in [0.1, 0.15) is 0 Å². The van der Waals surface area contributed by atoms with Crippen molar-refractivity contribution in [1.82, 2.24) is 9.88 Å². The number of aryl methyl sites for hydroxylation is 1. The molecule has 100 valence electrons. The monoisotopic (exact) mass is 252 g/mol. The molecule has 1 saturated heterocycles. The average Bonchev–Trinajstić information content (AvgIpc) is 2.74. The van der Waals surface area contributed by atoms with Crippen molar-refractivity contribution >= 4 is 5.91 Å². The van der Waals surface area contributed by atoms with Crippen LogP contribution in [-0.4, -0.2) is 39.6 Å². The van der Waals surface area contributed by atoms with E-state index >= 15 is 0 Å². The molecule has 0 aliphatic carbocycles. The third-order valence-electron chi connectivity index (χ3n) is 3.44. The van der Waals surface area contributed by atoms with Crippen LogP contribution in [0, 0.1) is 6.92 Å². The number of oxazole rings is 1. The van der Waals surface area contributed by atoms with Crippen LogP contribution >= 0.6 is 0 Å². The molecule has 5 nitrogen and oxygen atoms in total. The van der Waals surface area contributed by atoms with E-state index in [2.05, 4.69) is 4.98 Å². The zero-order valence-electron chi connectivity index (χ0n) is 10.9. The van der Waals surface area contributed by atoms with Crippen molar-refractivity contribution < 1.29 is 14.3 Å². The first-order valence-electron chi connectivity index (χ1n) is 6.48. The lowest BCUT2D eigenvalue weighted by atomic mass is 9.97. The predicted octanol–water partition coefficient (Wildman–Crippen LogP) is 1.75. The summed E-state index contributed by atoms with van der Waals surface area (Å²) in [6, 6.07) is 0.107. The van der Waals surface area contributed by atoms with Crippen molar-refractivity contribution in [2.45, 2.75) is 51.7 Å². The molecule has 0 spiro atoms. The Balaban J connectivity index is 2.13. The van der Waals surface area contributed by atoms with Crippen LogP contribution in [0.2, 0.25) is 0 Å². The van der Waals surface area contributed by atoms with Crippen LogP contribution in [0.4, 0.5) is 0 Å².